The van der Waals surface area contributed by atoms with E-state index in [2.05, 4.69) is 21.2 Å². The summed E-state index contributed by atoms with van der Waals surface area (Å²) in [6.07, 6.45) is 1.13. The van der Waals surface area contributed by atoms with Crippen molar-refractivity contribution < 1.29 is 18.3 Å². The Balaban J connectivity index is 1.81. The van der Waals surface area contributed by atoms with Crippen molar-refractivity contribution in [1.82, 2.24) is 5.32 Å². The summed E-state index contributed by atoms with van der Waals surface area (Å²) in [6, 6.07) is 10.9. The molecule has 0 bridgehead atoms. The lowest BCUT2D eigenvalue weighted by Crippen LogP contribution is -2.47. The predicted molar refractivity (Wildman–Crippen MR) is 94.1 cm³/mol. The van der Waals surface area contributed by atoms with Gasteiger partial charge in [-0.25, -0.2) is 8.78 Å². The number of hydrogen-bond acceptors (Lipinski definition) is 2. The van der Waals surface area contributed by atoms with Crippen molar-refractivity contribution in [3.63, 3.8) is 0 Å². The lowest BCUT2D eigenvalue weighted by atomic mass is 9.73. The van der Waals surface area contributed by atoms with E-state index in [1.54, 1.807) is 0 Å². The van der Waals surface area contributed by atoms with Crippen LogP contribution in [-0.2, 0) is 21.5 Å². The molecular formula is C19H18BrF2NO2. The molecule has 0 spiro atoms. The van der Waals surface area contributed by atoms with Gasteiger partial charge < -0.3 is 10.1 Å². The summed E-state index contributed by atoms with van der Waals surface area (Å²) in [5.41, 5.74) is 0.621. The van der Waals surface area contributed by atoms with E-state index < -0.39 is 17.0 Å². The molecule has 1 amide bonds. The molecule has 0 saturated carbocycles. The molecule has 0 atom stereocenters. The third-order valence-electron chi connectivity index (χ3n) is 4.55. The molecule has 1 fully saturated rings. The van der Waals surface area contributed by atoms with Crippen LogP contribution in [0.4, 0.5) is 8.78 Å². The van der Waals surface area contributed by atoms with Crippen molar-refractivity contribution >= 4 is 21.8 Å². The summed E-state index contributed by atoms with van der Waals surface area (Å²) in [5.74, 6) is -1.46. The number of halogens is 3. The molecule has 3 nitrogen and oxygen atoms in total. The van der Waals surface area contributed by atoms with E-state index >= 15 is 0 Å². The molecule has 1 aliphatic heterocycles. The van der Waals surface area contributed by atoms with Gasteiger partial charge in [0, 0.05) is 30.3 Å². The van der Waals surface area contributed by atoms with Crippen molar-refractivity contribution in [3.05, 3.63) is 69.7 Å². The van der Waals surface area contributed by atoms with E-state index in [4.69, 9.17) is 4.74 Å². The zero-order valence-electron chi connectivity index (χ0n) is 13.5. The van der Waals surface area contributed by atoms with Crippen molar-refractivity contribution in [3.8, 4) is 0 Å². The highest BCUT2D eigenvalue weighted by Crippen LogP contribution is 2.36. The van der Waals surface area contributed by atoms with Gasteiger partial charge in [-0.1, -0.05) is 28.1 Å². The summed E-state index contributed by atoms with van der Waals surface area (Å²) < 4.78 is 33.0. The first-order chi connectivity index (χ1) is 12.0. The van der Waals surface area contributed by atoms with E-state index in [0.717, 1.165) is 16.1 Å². The second-order valence-corrected chi connectivity index (χ2v) is 7.08. The smallest absolute Gasteiger partial charge is 0.231 e. The maximum atomic E-state index is 13.3. The molecule has 3 rings (SSSR count). The molecule has 1 N–H and O–H groups in total. The summed E-state index contributed by atoms with van der Waals surface area (Å²) in [5, 5.41) is 2.84. The molecular weight excluding hydrogens is 392 g/mol. The van der Waals surface area contributed by atoms with Crippen LogP contribution in [0, 0.1) is 11.6 Å². The van der Waals surface area contributed by atoms with Gasteiger partial charge in [-0.3, -0.25) is 4.79 Å². The zero-order chi connectivity index (χ0) is 17.9. The van der Waals surface area contributed by atoms with E-state index in [9.17, 15) is 13.6 Å². The van der Waals surface area contributed by atoms with Gasteiger partial charge >= 0.3 is 0 Å². The van der Waals surface area contributed by atoms with Gasteiger partial charge in [0.2, 0.25) is 5.91 Å². The van der Waals surface area contributed by atoms with Crippen LogP contribution < -0.4 is 5.32 Å². The summed E-state index contributed by atoms with van der Waals surface area (Å²) in [6.45, 7) is 1.07. The predicted octanol–water partition coefficient (Wildman–Crippen LogP) is 4.09. The van der Waals surface area contributed by atoms with Gasteiger partial charge in [0.1, 0.15) is 11.6 Å². The second-order valence-electron chi connectivity index (χ2n) is 6.16. The largest absolute Gasteiger partial charge is 0.381 e. The molecule has 2 aromatic rings. The third kappa shape index (κ3) is 4.07. The zero-order valence-corrected chi connectivity index (χ0v) is 15.1. The van der Waals surface area contributed by atoms with Gasteiger partial charge in [-0.2, -0.15) is 0 Å². The van der Waals surface area contributed by atoms with Crippen molar-refractivity contribution in [2.24, 2.45) is 0 Å². The van der Waals surface area contributed by atoms with E-state index in [-0.39, 0.29) is 12.5 Å². The minimum Gasteiger partial charge on any atom is -0.381 e. The Morgan fingerprint density at radius 1 is 1.08 bits per heavy atom. The Morgan fingerprint density at radius 2 is 1.68 bits per heavy atom. The minimum atomic E-state index is -0.690. The van der Waals surface area contributed by atoms with Gasteiger partial charge in [0.25, 0.3) is 0 Å². The average molecular weight is 410 g/mol. The molecule has 132 valence electrons. The van der Waals surface area contributed by atoms with Gasteiger partial charge in [0.15, 0.2) is 0 Å². The number of amides is 1. The van der Waals surface area contributed by atoms with Crippen molar-refractivity contribution in [2.45, 2.75) is 24.8 Å². The van der Waals surface area contributed by atoms with Crippen LogP contribution in [0.2, 0.25) is 0 Å². The number of nitrogens with one attached hydrogen (secondary N) is 1. The molecule has 2 aromatic carbocycles. The normalized spacial score (nSPS) is 16.4. The summed E-state index contributed by atoms with van der Waals surface area (Å²) in [7, 11) is 0. The maximum Gasteiger partial charge on any atom is 0.231 e. The number of carbonyl (C=O) groups excluding carboxylic acids is 1. The fourth-order valence-corrected chi connectivity index (χ4v) is 3.46. The van der Waals surface area contributed by atoms with Crippen LogP contribution in [0.25, 0.3) is 0 Å². The van der Waals surface area contributed by atoms with Crippen LogP contribution in [0.15, 0.2) is 46.9 Å². The first-order valence-electron chi connectivity index (χ1n) is 8.07. The Bertz CT molecular complexity index is 738. The van der Waals surface area contributed by atoms with Gasteiger partial charge in [-0.15, -0.1) is 0 Å². The molecule has 25 heavy (non-hydrogen) atoms. The topological polar surface area (TPSA) is 38.3 Å². The second kappa shape index (κ2) is 7.62. The number of hydrogen-bond donors (Lipinski definition) is 1. The first-order valence-corrected chi connectivity index (χ1v) is 8.86. The van der Waals surface area contributed by atoms with Gasteiger partial charge in [-0.05, 0) is 48.2 Å². The highest BCUT2D eigenvalue weighted by molar-refractivity contribution is 9.10. The number of carbonyl (C=O) groups is 1. The maximum absolute atomic E-state index is 13.3. The Kier molecular flexibility index (Phi) is 5.49. The van der Waals surface area contributed by atoms with Gasteiger partial charge in [0.05, 0.1) is 5.41 Å². The molecule has 0 aromatic heterocycles. The molecule has 0 radical (unpaired) electrons. The average Bonchev–Trinajstić information content (AvgIpc) is 2.60. The molecule has 1 aliphatic rings. The van der Waals surface area contributed by atoms with Crippen LogP contribution in [0.5, 0.6) is 0 Å². The van der Waals surface area contributed by atoms with Crippen LogP contribution in [0.3, 0.4) is 0 Å². The molecule has 0 aliphatic carbocycles. The third-order valence-corrected chi connectivity index (χ3v) is 5.08. The van der Waals surface area contributed by atoms with Crippen molar-refractivity contribution in [1.29, 1.82) is 0 Å². The fourth-order valence-electron chi connectivity index (χ4n) is 3.20. The van der Waals surface area contributed by atoms with E-state index in [1.807, 2.05) is 24.3 Å². The Morgan fingerprint density at radius 3 is 2.28 bits per heavy atom. The highest BCUT2D eigenvalue weighted by Gasteiger charge is 2.41. The number of benzene rings is 2. The lowest BCUT2D eigenvalue weighted by Gasteiger charge is -2.36. The first kappa shape index (κ1) is 18.0. The fraction of sp³-hybridized carbons (Fsp3) is 0.316. The SMILES string of the molecule is O=C(NCc1cc(F)cc(F)c1)C1(c2ccc(Br)cc2)CCOCC1. The van der Waals surface area contributed by atoms with E-state index in [1.165, 1.54) is 12.1 Å². The van der Waals surface area contributed by atoms with Crippen LogP contribution in [-0.4, -0.2) is 19.1 Å². The standard InChI is InChI=1S/C19H18BrF2NO2/c20-15-3-1-14(2-4-15)19(5-7-25-8-6-19)18(24)23-12-13-9-16(21)11-17(22)10-13/h1-4,9-11H,5-8,12H2,(H,23,24). The quantitative estimate of drug-likeness (QED) is 0.825. The Labute approximate surface area is 153 Å². The van der Waals surface area contributed by atoms with Crippen LogP contribution in [0.1, 0.15) is 24.0 Å². The molecule has 6 heteroatoms. The molecule has 0 unspecified atom stereocenters. The number of ether oxygens (including phenoxy) is 1. The summed E-state index contributed by atoms with van der Waals surface area (Å²) >= 11 is 3.40. The highest BCUT2D eigenvalue weighted by atomic mass is 79.9. The molecule has 1 saturated heterocycles. The minimum absolute atomic E-state index is 0.0760. The monoisotopic (exact) mass is 409 g/mol. The lowest BCUT2D eigenvalue weighted by molar-refractivity contribution is -0.130. The number of rotatable bonds is 4. The molecule has 1 heterocycles. The van der Waals surface area contributed by atoms with Crippen molar-refractivity contribution in [2.75, 3.05) is 13.2 Å². The summed E-state index contributed by atoms with van der Waals surface area (Å²) in [4.78, 5) is 13.0. The van der Waals surface area contributed by atoms with E-state index in [0.29, 0.717) is 31.6 Å². The Hall–Kier alpha value is -1.79. The van der Waals surface area contributed by atoms with Crippen LogP contribution >= 0.6 is 15.9 Å².